The minimum atomic E-state index is 0.509. The third-order valence-electron chi connectivity index (χ3n) is 4.37. The summed E-state index contributed by atoms with van der Waals surface area (Å²) < 4.78 is 0. The first-order chi connectivity index (χ1) is 8.65. The fourth-order valence-electron chi connectivity index (χ4n) is 3.38. The Labute approximate surface area is 110 Å². The predicted molar refractivity (Wildman–Crippen MR) is 75.1 cm³/mol. The van der Waals surface area contributed by atoms with E-state index in [-0.39, 0.29) is 0 Å². The van der Waals surface area contributed by atoms with Gasteiger partial charge >= 0.3 is 0 Å². The van der Waals surface area contributed by atoms with E-state index in [2.05, 4.69) is 48.9 Å². The molecule has 0 spiro atoms. The van der Waals surface area contributed by atoms with E-state index in [1.54, 1.807) is 0 Å². The van der Waals surface area contributed by atoms with Gasteiger partial charge in [-0.15, -0.1) is 0 Å². The molecule has 2 aliphatic rings. The molecule has 0 aromatic carbocycles. The maximum absolute atomic E-state index is 4.85. The predicted octanol–water partition coefficient (Wildman–Crippen LogP) is 2.35. The van der Waals surface area contributed by atoms with Crippen LogP contribution in [-0.4, -0.2) is 42.6 Å². The number of likely N-dealkylation sites (tertiary alicyclic amines) is 1. The Balaban J connectivity index is 1.84. The van der Waals surface area contributed by atoms with Crippen LogP contribution in [0.2, 0.25) is 0 Å². The van der Waals surface area contributed by atoms with Crippen molar-refractivity contribution in [1.82, 2.24) is 9.88 Å². The summed E-state index contributed by atoms with van der Waals surface area (Å²) in [5.41, 5.74) is 1.21. The molecular weight excluding hydrogens is 222 g/mol. The summed E-state index contributed by atoms with van der Waals surface area (Å²) in [6.07, 6.45) is 1.32. The zero-order valence-corrected chi connectivity index (χ0v) is 11.6. The molecule has 3 heteroatoms. The second-order valence-corrected chi connectivity index (χ2v) is 6.11. The first kappa shape index (κ1) is 12.0. The summed E-state index contributed by atoms with van der Waals surface area (Å²) in [4.78, 5) is 9.83. The molecule has 0 amide bonds. The molecule has 3 nitrogen and oxygen atoms in total. The van der Waals surface area contributed by atoms with Gasteiger partial charge in [-0.2, -0.15) is 0 Å². The van der Waals surface area contributed by atoms with Gasteiger partial charge in [0, 0.05) is 31.4 Å². The van der Waals surface area contributed by atoms with Gasteiger partial charge < -0.3 is 9.80 Å². The van der Waals surface area contributed by atoms with Crippen LogP contribution in [0.3, 0.4) is 0 Å². The highest BCUT2D eigenvalue weighted by Crippen LogP contribution is 2.33. The molecule has 0 saturated carbocycles. The van der Waals surface area contributed by atoms with E-state index in [0.717, 1.165) is 5.92 Å². The number of fused-ring (bicyclic) bond motifs is 1. The second-order valence-electron chi connectivity index (χ2n) is 6.11. The van der Waals surface area contributed by atoms with Crippen molar-refractivity contribution < 1.29 is 0 Å². The third-order valence-corrected chi connectivity index (χ3v) is 4.37. The molecule has 1 aromatic rings. The molecule has 0 N–H and O–H groups in total. The van der Waals surface area contributed by atoms with Crippen LogP contribution in [0, 0.1) is 5.92 Å². The highest BCUT2D eigenvalue weighted by molar-refractivity contribution is 5.43. The fraction of sp³-hybridized carbons (Fsp3) is 0.667. The summed E-state index contributed by atoms with van der Waals surface area (Å²) >= 11 is 0. The molecule has 18 heavy (non-hydrogen) atoms. The van der Waals surface area contributed by atoms with Crippen molar-refractivity contribution in [3.05, 3.63) is 23.9 Å². The van der Waals surface area contributed by atoms with E-state index in [1.807, 2.05) is 0 Å². The van der Waals surface area contributed by atoms with Crippen LogP contribution in [0.15, 0.2) is 18.2 Å². The first-order valence-electron chi connectivity index (χ1n) is 7.07. The zero-order valence-electron chi connectivity index (χ0n) is 11.6. The highest BCUT2D eigenvalue weighted by Gasteiger charge is 2.40. The molecule has 2 aliphatic heterocycles. The Morgan fingerprint density at radius 3 is 2.89 bits per heavy atom. The van der Waals surface area contributed by atoms with Crippen LogP contribution in [0.1, 0.15) is 31.9 Å². The number of anilines is 1. The van der Waals surface area contributed by atoms with E-state index in [1.165, 1.54) is 37.6 Å². The number of aromatic nitrogens is 1. The number of rotatable bonds is 2. The molecule has 0 bridgehead atoms. The quantitative estimate of drug-likeness (QED) is 0.797. The molecule has 0 aliphatic carbocycles. The lowest BCUT2D eigenvalue weighted by Crippen LogP contribution is -2.35. The van der Waals surface area contributed by atoms with E-state index >= 15 is 0 Å². The van der Waals surface area contributed by atoms with Gasteiger partial charge in [0.1, 0.15) is 5.82 Å². The summed E-state index contributed by atoms with van der Waals surface area (Å²) in [5.74, 6) is 2.54. The molecule has 0 radical (unpaired) electrons. The van der Waals surface area contributed by atoms with Crippen molar-refractivity contribution >= 4 is 5.82 Å². The Morgan fingerprint density at radius 2 is 2.11 bits per heavy atom. The lowest BCUT2D eigenvalue weighted by atomic mass is 10.1. The first-order valence-corrected chi connectivity index (χ1v) is 7.07. The van der Waals surface area contributed by atoms with Crippen LogP contribution < -0.4 is 4.90 Å². The lowest BCUT2D eigenvalue weighted by Gasteiger charge is -2.26. The molecule has 2 saturated heterocycles. The Hall–Kier alpha value is -1.09. The van der Waals surface area contributed by atoms with Gasteiger partial charge in [-0.25, -0.2) is 4.98 Å². The van der Waals surface area contributed by atoms with E-state index in [4.69, 9.17) is 4.98 Å². The largest absolute Gasteiger partial charge is 0.352 e. The fourth-order valence-corrected chi connectivity index (χ4v) is 3.38. The summed E-state index contributed by atoms with van der Waals surface area (Å²) in [7, 11) is 2.23. The maximum Gasteiger partial charge on any atom is 0.129 e. The summed E-state index contributed by atoms with van der Waals surface area (Å²) in [6.45, 7) is 8.05. The highest BCUT2D eigenvalue weighted by atomic mass is 15.3. The topological polar surface area (TPSA) is 19.4 Å². The van der Waals surface area contributed by atoms with Gasteiger partial charge in [-0.3, -0.25) is 0 Å². The van der Waals surface area contributed by atoms with E-state index < -0.39 is 0 Å². The molecule has 3 rings (SSSR count). The molecule has 98 valence electrons. The van der Waals surface area contributed by atoms with Gasteiger partial charge in [0.2, 0.25) is 0 Å². The summed E-state index contributed by atoms with van der Waals surface area (Å²) in [5, 5.41) is 0. The van der Waals surface area contributed by atoms with E-state index in [9.17, 15) is 0 Å². The lowest BCUT2D eigenvalue weighted by molar-refractivity contribution is 0.386. The van der Waals surface area contributed by atoms with Gasteiger partial charge in [-0.05, 0) is 37.4 Å². The Morgan fingerprint density at radius 1 is 1.28 bits per heavy atom. The zero-order chi connectivity index (χ0) is 12.7. The van der Waals surface area contributed by atoms with Gasteiger partial charge in [0.25, 0.3) is 0 Å². The minimum absolute atomic E-state index is 0.509. The second kappa shape index (κ2) is 4.54. The van der Waals surface area contributed by atoms with Crippen LogP contribution in [0.25, 0.3) is 0 Å². The summed E-state index contributed by atoms with van der Waals surface area (Å²) in [6, 6.07) is 7.16. The molecule has 3 heterocycles. The Bertz CT molecular complexity index is 430. The average Bonchev–Trinajstić information content (AvgIpc) is 2.87. The number of hydrogen-bond acceptors (Lipinski definition) is 3. The number of hydrogen-bond donors (Lipinski definition) is 0. The van der Waals surface area contributed by atoms with Crippen LogP contribution >= 0.6 is 0 Å². The van der Waals surface area contributed by atoms with Crippen molar-refractivity contribution in [2.75, 3.05) is 31.6 Å². The van der Waals surface area contributed by atoms with Crippen LogP contribution in [0.5, 0.6) is 0 Å². The van der Waals surface area contributed by atoms with Gasteiger partial charge in [-0.1, -0.05) is 19.9 Å². The minimum Gasteiger partial charge on any atom is -0.352 e. The molecular formula is C15H23N3. The number of pyridine rings is 1. The van der Waals surface area contributed by atoms with Crippen molar-refractivity contribution in [2.45, 2.75) is 32.2 Å². The van der Waals surface area contributed by atoms with Crippen LogP contribution in [0.4, 0.5) is 5.82 Å². The van der Waals surface area contributed by atoms with E-state index in [0.29, 0.717) is 12.0 Å². The standard InChI is InChI=1S/C15H23N3/c1-11(2)13-5-4-6-15(16-13)18-8-7-12-9-17(3)10-14(12)18/h4-6,11-12,14H,7-10H2,1-3H3. The third kappa shape index (κ3) is 2.01. The van der Waals surface area contributed by atoms with Crippen LogP contribution in [-0.2, 0) is 0 Å². The Kier molecular flexibility index (Phi) is 3.02. The number of likely N-dealkylation sites (N-methyl/N-ethyl adjacent to an activating group) is 1. The molecule has 2 unspecified atom stereocenters. The average molecular weight is 245 g/mol. The number of nitrogens with zero attached hydrogens (tertiary/aromatic N) is 3. The monoisotopic (exact) mass is 245 g/mol. The van der Waals surface area contributed by atoms with Gasteiger partial charge in [0.05, 0.1) is 0 Å². The molecule has 1 aromatic heterocycles. The SMILES string of the molecule is CC(C)c1cccc(N2CCC3CN(C)CC32)n1. The molecule has 2 fully saturated rings. The molecule has 2 atom stereocenters. The maximum atomic E-state index is 4.85. The smallest absolute Gasteiger partial charge is 0.129 e. The van der Waals surface area contributed by atoms with Crippen molar-refractivity contribution in [3.8, 4) is 0 Å². The van der Waals surface area contributed by atoms with Crippen molar-refractivity contribution in [1.29, 1.82) is 0 Å². The van der Waals surface area contributed by atoms with Gasteiger partial charge in [0.15, 0.2) is 0 Å². The normalized spacial score (nSPS) is 28.1. The van der Waals surface area contributed by atoms with Crippen molar-refractivity contribution in [3.63, 3.8) is 0 Å². The van der Waals surface area contributed by atoms with Crippen molar-refractivity contribution in [2.24, 2.45) is 5.92 Å².